The van der Waals surface area contributed by atoms with E-state index in [2.05, 4.69) is 15.9 Å². The molecule has 0 aromatic rings. The summed E-state index contributed by atoms with van der Waals surface area (Å²) in [5.74, 6) is 0.109. The summed E-state index contributed by atoms with van der Waals surface area (Å²) in [5.41, 5.74) is -0.226. The van der Waals surface area contributed by atoms with E-state index in [4.69, 9.17) is 9.47 Å². The van der Waals surface area contributed by atoms with Gasteiger partial charge in [-0.1, -0.05) is 0 Å². The molecule has 0 saturated carbocycles. The van der Waals surface area contributed by atoms with Crippen LogP contribution in [0.25, 0.3) is 0 Å². The Labute approximate surface area is 122 Å². The smallest absolute Gasteiger partial charge is 0.410 e. The molecule has 0 aliphatic carbocycles. The summed E-state index contributed by atoms with van der Waals surface area (Å²) in [7, 11) is 0. The van der Waals surface area contributed by atoms with E-state index < -0.39 is 5.60 Å². The predicted molar refractivity (Wildman–Crippen MR) is 75.0 cm³/mol. The van der Waals surface area contributed by atoms with Crippen molar-refractivity contribution in [3.05, 3.63) is 0 Å². The highest BCUT2D eigenvalue weighted by Crippen LogP contribution is 2.22. The monoisotopic (exact) mass is 335 g/mol. The van der Waals surface area contributed by atoms with Crippen molar-refractivity contribution in [1.29, 1.82) is 0 Å². The maximum atomic E-state index is 11.9. The Bertz CT molecular complexity index is 319. The largest absolute Gasteiger partial charge is 0.454 e. The zero-order chi connectivity index (χ0) is 14.5. The van der Waals surface area contributed by atoms with Crippen LogP contribution in [0.1, 0.15) is 40.0 Å². The number of piperidine rings is 1. The zero-order valence-corrected chi connectivity index (χ0v) is 13.4. The van der Waals surface area contributed by atoms with Gasteiger partial charge in [-0.2, -0.15) is 0 Å². The molecule has 0 bridgehead atoms. The molecule has 1 aliphatic heterocycles. The van der Waals surface area contributed by atoms with Gasteiger partial charge in [0.2, 0.25) is 0 Å². The van der Waals surface area contributed by atoms with Crippen molar-refractivity contribution in [3.63, 3.8) is 0 Å². The molecular formula is C13H22BrNO4. The minimum atomic E-state index is -0.465. The van der Waals surface area contributed by atoms with Crippen LogP contribution in [0.4, 0.5) is 4.79 Å². The van der Waals surface area contributed by atoms with Crippen molar-refractivity contribution in [2.75, 3.05) is 18.6 Å². The number of esters is 1. The number of nitrogens with zero attached hydrogens (tertiary/aromatic N) is 1. The Hall–Kier alpha value is -0.780. The number of hydrogen-bond donors (Lipinski definition) is 0. The predicted octanol–water partition coefficient (Wildman–Crippen LogP) is 2.92. The molecule has 0 aromatic carbocycles. The van der Waals surface area contributed by atoms with Crippen LogP contribution < -0.4 is 0 Å². The highest BCUT2D eigenvalue weighted by Gasteiger charge is 2.27. The van der Waals surface area contributed by atoms with Crippen LogP contribution in [0.5, 0.6) is 0 Å². The van der Waals surface area contributed by atoms with Crippen molar-refractivity contribution < 1.29 is 19.1 Å². The number of amides is 1. The molecule has 1 amide bonds. The van der Waals surface area contributed by atoms with Crippen LogP contribution in [-0.4, -0.2) is 41.2 Å². The molecule has 0 atom stereocenters. The standard InChI is InChI=1S/C13H22BrNO4/c1-13(2,3)19-12(17)15-6-4-10(5-7-15)8-11(16)18-9-14/h10H,4-9H2,1-3H3. The topological polar surface area (TPSA) is 55.8 Å². The molecule has 5 nitrogen and oxygen atoms in total. The molecule has 1 rings (SSSR count). The fraction of sp³-hybridized carbons (Fsp3) is 0.846. The number of carbonyl (C=O) groups excluding carboxylic acids is 2. The summed E-state index contributed by atoms with van der Waals surface area (Å²) in [4.78, 5) is 24.9. The molecule has 1 aliphatic rings. The van der Waals surface area contributed by atoms with Gasteiger partial charge in [0.1, 0.15) is 11.1 Å². The number of halogens is 1. The number of hydrogen-bond acceptors (Lipinski definition) is 4. The second kappa shape index (κ2) is 7.12. The van der Waals surface area contributed by atoms with Crippen LogP contribution in [0.2, 0.25) is 0 Å². The van der Waals surface area contributed by atoms with Crippen LogP contribution in [-0.2, 0) is 14.3 Å². The van der Waals surface area contributed by atoms with Crippen molar-refractivity contribution in [2.45, 2.75) is 45.6 Å². The van der Waals surface area contributed by atoms with Crippen LogP contribution in [0, 0.1) is 5.92 Å². The number of rotatable bonds is 3. The molecule has 0 radical (unpaired) electrons. The molecule has 0 spiro atoms. The van der Waals surface area contributed by atoms with E-state index in [0.717, 1.165) is 12.8 Å². The number of carbonyl (C=O) groups is 2. The Morgan fingerprint density at radius 1 is 1.26 bits per heavy atom. The minimum absolute atomic E-state index is 0.187. The number of likely N-dealkylation sites (tertiary alicyclic amines) is 1. The molecule has 0 unspecified atom stereocenters. The SMILES string of the molecule is CC(C)(C)OC(=O)N1CCC(CC(=O)OCBr)CC1. The van der Waals surface area contributed by atoms with Gasteiger partial charge in [-0.25, -0.2) is 4.79 Å². The van der Waals surface area contributed by atoms with Gasteiger partial charge in [0.05, 0.1) is 0 Å². The summed E-state index contributed by atoms with van der Waals surface area (Å²) in [6, 6.07) is 0. The Morgan fingerprint density at radius 2 is 1.84 bits per heavy atom. The van der Waals surface area contributed by atoms with E-state index in [1.807, 2.05) is 20.8 Å². The molecule has 1 saturated heterocycles. The van der Waals surface area contributed by atoms with E-state index >= 15 is 0 Å². The average Bonchev–Trinajstić information content (AvgIpc) is 2.27. The molecular weight excluding hydrogens is 314 g/mol. The Morgan fingerprint density at radius 3 is 2.32 bits per heavy atom. The van der Waals surface area contributed by atoms with Crippen molar-refractivity contribution in [1.82, 2.24) is 4.90 Å². The van der Waals surface area contributed by atoms with Gasteiger partial charge in [0, 0.05) is 19.5 Å². The summed E-state index contributed by atoms with van der Waals surface area (Å²) < 4.78 is 10.2. The average molecular weight is 336 g/mol. The molecule has 6 heteroatoms. The van der Waals surface area contributed by atoms with Gasteiger partial charge in [-0.15, -0.1) is 0 Å². The maximum absolute atomic E-state index is 11.9. The van der Waals surface area contributed by atoms with Gasteiger partial charge in [0.15, 0.2) is 0 Å². The summed E-state index contributed by atoms with van der Waals surface area (Å²) in [6.45, 7) is 6.85. The highest BCUT2D eigenvalue weighted by atomic mass is 79.9. The first-order chi connectivity index (χ1) is 8.81. The van der Waals surface area contributed by atoms with Gasteiger partial charge >= 0.3 is 12.1 Å². The number of ether oxygens (including phenoxy) is 2. The van der Waals surface area contributed by atoms with Gasteiger partial charge < -0.3 is 14.4 Å². The first-order valence-corrected chi connectivity index (χ1v) is 7.63. The summed E-state index contributed by atoms with van der Waals surface area (Å²) in [5, 5.41) is 0. The lowest BCUT2D eigenvalue weighted by Gasteiger charge is -2.33. The van der Waals surface area contributed by atoms with Crippen LogP contribution in [0.15, 0.2) is 0 Å². The summed E-state index contributed by atoms with van der Waals surface area (Å²) in [6.07, 6.45) is 1.79. The van der Waals surface area contributed by atoms with Gasteiger partial charge in [-0.3, -0.25) is 4.79 Å². The third-order valence-corrected chi connectivity index (χ3v) is 3.17. The molecule has 0 N–H and O–H groups in total. The van der Waals surface area contributed by atoms with Gasteiger partial charge in [0.25, 0.3) is 0 Å². The minimum Gasteiger partial charge on any atom is -0.454 e. The molecule has 1 heterocycles. The van der Waals surface area contributed by atoms with Crippen molar-refractivity contribution >= 4 is 28.0 Å². The second-order valence-electron chi connectivity index (χ2n) is 5.74. The van der Waals surface area contributed by atoms with Crippen LogP contribution in [0.3, 0.4) is 0 Å². The lowest BCUT2D eigenvalue weighted by molar-refractivity contribution is -0.142. The Balaban J connectivity index is 2.32. The van der Waals surface area contributed by atoms with E-state index in [1.54, 1.807) is 4.90 Å². The van der Waals surface area contributed by atoms with Crippen molar-refractivity contribution in [3.8, 4) is 0 Å². The first-order valence-electron chi connectivity index (χ1n) is 6.51. The van der Waals surface area contributed by atoms with E-state index in [-0.39, 0.29) is 17.6 Å². The van der Waals surface area contributed by atoms with Crippen LogP contribution >= 0.6 is 15.9 Å². The molecule has 110 valence electrons. The van der Waals surface area contributed by atoms with Crippen molar-refractivity contribution in [2.24, 2.45) is 5.92 Å². The quantitative estimate of drug-likeness (QED) is 0.587. The fourth-order valence-electron chi connectivity index (χ4n) is 2.00. The second-order valence-corrected chi connectivity index (χ2v) is 6.20. The molecule has 1 fully saturated rings. The highest BCUT2D eigenvalue weighted by molar-refractivity contribution is 9.09. The third kappa shape index (κ3) is 6.27. The summed E-state index contributed by atoms with van der Waals surface area (Å²) >= 11 is 3.06. The zero-order valence-electron chi connectivity index (χ0n) is 11.8. The van der Waals surface area contributed by atoms with E-state index in [1.165, 1.54) is 0 Å². The maximum Gasteiger partial charge on any atom is 0.410 e. The van der Waals surface area contributed by atoms with Gasteiger partial charge in [-0.05, 0) is 55.5 Å². The normalized spacial score (nSPS) is 17.2. The third-order valence-electron chi connectivity index (χ3n) is 2.94. The first kappa shape index (κ1) is 16.3. The number of alkyl halides is 1. The Kier molecular flexibility index (Phi) is 6.10. The lowest BCUT2D eigenvalue weighted by atomic mass is 9.94. The van der Waals surface area contributed by atoms with E-state index in [0.29, 0.717) is 25.4 Å². The molecule has 19 heavy (non-hydrogen) atoms. The fourth-order valence-corrected chi connectivity index (χ4v) is 2.26. The lowest BCUT2D eigenvalue weighted by Crippen LogP contribution is -2.42. The molecule has 0 aromatic heterocycles. The van der Waals surface area contributed by atoms with E-state index in [9.17, 15) is 9.59 Å².